The van der Waals surface area contributed by atoms with Crippen LogP contribution in [0.5, 0.6) is 0 Å². The average molecular weight is 470 g/mol. The number of rotatable bonds is 19. The van der Waals surface area contributed by atoms with Crippen molar-refractivity contribution in [1.29, 1.82) is 0 Å². The Labute approximate surface area is 204 Å². The van der Waals surface area contributed by atoms with Gasteiger partial charge < -0.3 is 4.90 Å². The van der Waals surface area contributed by atoms with E-state index >= 15 is 0 Å². The van der Waals surface area contributed by atoms with Crippen LogP contribution in [-0.4, -0.2) is 30.3 Å². The Morgan fingerprint density at radius 1 is 0.600 bits per heavy atom. The highest BCUT2D eigenvalue weighted by Gasteiger charge is 2.17. The quantitative estimate of drug-likeness (QED) is 0.137. The van der Waals surface area contributed by atoms with Gasteiger partial charge in [-0.05, 0) is 105 Å². The average Bonchev–Trinajstić information content (AvgIpc) is 2.75. The standard InChI is InChI=1S/C26H47NS3/c1-3-5-16-27(17-6-4-2)26-24(14-8-11-19-29)21-23(13-7-10-18-28)22-25(26)15-9-12-20-30/h21-22,28-30H,3-20H2,1-2H3. The van der Waals surface area contributed by atoms with Crippen LogP contribution in [-0.2, 0) is 19.3 Å². The molecule has 0 fully saturated rings. The molecule has 0 aliphatic rings. The van der Waals surface area contributed by atoms with Crippen LogP contribution in [0.2, 0.25) is 0 Å². The monoisotopic (exact) mass is 469 g/mol. The summed E-state index contributed by atoms with van der Waals surface area (Å²) in [6.07, 6.45) is 15.9. The van der Waals surface area contributed by atoms with E-state index in [0.29, 0.717) is 0 Å². The molecule has 0 amide bonds. The number of nitrogens with zero attached hydrogens (tertiary/aromatic N) is 1. The van der Waals surface area contributed by atoms with Crippen LogP contribution in [0.3, 0.4) is 0 Å². The van der Waals surface area contributed by atoms with Gasteiger partial charge in [0.25, 0.3) is 0 Å². The van der Waals surface area contributed by atoms with Crippen LogP contribution in [0.4, 0.5) is 5.69 Å². The summed E-state index contributed by atoms with van der Waals surface area (Å²) in [6.45, 7) is 7.00. The molecule has 30 heavy (non-hydrogen) atoms. The zero-order chi connectivity index (χ0) is 22.0. The third kappa shape index (κ3) is 11.1. The number of aryl methyl sites for hydroxylation is 3. The molecule has 0 aliphatic carbocycles. The van der Waals surface area contributed by atoms with Crippen molar-refractivity contribution in [3.05, 3.63) is 28.8 Å². The summed E-state index contributed by atoms with van der Waals surface area (Å²) in [7, 11) is 0. The van der Waals surface area contributed by atoms with Gasteiger partial charge in [0.05, 0.1) is 0 Å². The summed E-state index contributed by atoms with van der Waals surface area (Å²) in [5.41, 5.74) is 6.29. The lowest BCUT2D eigenvalue weighted by Crippen LogP contribution is -2.28. The van der Waals surface area contributed by atoms with Crippen LogP contribution in [0.15, 0.2) is 12.1 Å². The fourth-order valence-electron chi connectivity index (χ4n) is 4.09. The van der Waals surface area contributed by atoms with Gasteiger partial charge >= 0.3 is 0 Å². The molecular formula is C26H47NS3. The number of unbranched alkanes of at least 4 members (excludes halogenated alkanes) is 5. The Balaban J connectivity index is 3.30. The van der Waals surface area contributed by atoms with Crippen molar-refractivity contribution >= 4 is 43.6 Å². The Hall–Kier alpha value is 0.0700. The lowest BCUT2D eigenvalue weighted by atomic mass is 9.92. The number of hydrogen-bond donors (Lipinski definition) is 3. The van der Waals surface area contributed by atoms with Gasteiger partial charge in [0, 0.05) is 18.8 Å². The Kier molecular flexibility index (Phi) is 17.4. The maximum atomic E-state index is 4.46. The van der Waals surface area contributed by atoms with Gasteiger partial charge in [0.15, 0.2) is 0 Å². The molecule has 0 atom stereocenters. The van der Waals surface area contributed by atoms with E-state index < -0.39 is 0 Å². The third-order valence-electron chi connectivity index (χ3n) is 5.79. The SMILES string of the molecule is CCCCN(CCCC)c1c(CCCCS)cc(CCCCS)cc1CCCCS. The smallest absolute Gasteiger partial charge is 0.0431 e. The predicted molar refractivity (Wildman–Crippen MR) is 149 cm³/mol. The second kappa shape index (κ2) is 18.6. The maximum absolute atomic E-state index is 4.46. The molecule has 0 aliphatic heterocycles. The zero-order valence-electron chi connectivity index (χ0n) is 19.7. The van der Waals surface area contributed by atoms with Gasteiger partial charge in [-0.2, -0.15) is 37.9 Å². The van der Waals surface area contributed by atoms with E-state index in [4.69, 9.17) is 0 Å². The van der Waals surface area contributed by atoms with E-state index in [-0.39, 0.29) is 0 Å². The van der Waals surface area contributed by atoms with Crippen molar-refractivity contribution in [3.8, 4) is 0 Å². The fraction of sp³-hybridized carbons (Fsp3) is 0.769. The van der Waals surface area contributed by atoms with Gasteiger partial charge in [0.2, 0.25) is 0 Å². The maximum Gasteiger partial charge on any atom is 0.0431 e. The minimum atomic E-state index is 0.987. The van der Waals surface area contributed by atoms with Gasteiger partial charge in [-0.15, -0.1) is 0 Å². The van der Waals surface area contributed by atoms with Crippen LogP contribution in [0.1, 0.15) is 94.7 Å². The van der Waals surface area contributed by atoms with E-state index in [0.717, 1.165) is 17.3 Å². The van der Waals surface area contributed by atoms with Crippen molar-refractivity contribution in [2.24, 2.45) is 0 Å². The molecule has 4 heteroatoms. The van der Waals surface area contributed by atoms with E-state index in [1.807, 2.05) is 0 Å². The van der Waals surface area contributed by atoms with Crippen molar-refractivity contribution in [2.45, 2.75) is 97.3 Å². The first kappa shape index (κ1) is 28.1. The lowest BCUT2D eigenvalue weighted by Gasteiger charge is -2.31. The van der Waals surface area contributed by atoms with Crippen LogP contribution in [0.25, 0.3) is 0 Å². The fourth-order valence-corrected chi connectivity index (χ4v) is 4.76. The summed E-state index contributed by atoms with van der Waals surface area (Å²) in [6, 6.07) is 5.08. The lowest BCUT2D eigenvalue weighted by molar-refractivity contribution is 0.667. The summed E-state index contributed by atoms with van der Waals surface area (Å²) < 4.78 is 0. The molecule has 1 aromatic carbocycles. The number of hydrogen-bond acceptors (Lipinski definition) is 4. The predicted octanol–water partition coefficient (Wildman–Crippen LogP) is 7.85. The summed E-state index contributed by atoms with van der Waals surface area (Å²) >= 11 is 13.3. The number of benzene rings is 1. The van der Waals surface area contributed by atoms with Crippen molar-refractivity contribution in [3.63, 3.8) is 0 Å². The number of anilines is 1. The minimum absolute atomic E-state index is 0.987. The van der Waals surface area contributed by atoms with Crippen molar-refractivity contribution in [1.82, 2.24) is 0 Å². The van der Waals surface area contributed by atoms with Crippen LogP contribution >= 0.6 is 37.9 Å². The van der Waals surface area contributed by atoms with E-state index in [2.05, 4.69) is 68.8 Å². The van der Waals surface area contributed by atoms with Crippen LogP contribution < -0.4 is 4.90 Å². The first-order valence-corrected chi connectivity index (χ1v) is 14.3. The van der Waals surface area contributed by atoms with Gasteiger partial charge in [-0.3, -0.25) is 0 Å². The molecule has 1 aromatic rings. The highest BCUT2D eigenvalue weighted by atomic mass is 32.1. The van der Waals surface area contributed by atoms with Crippen LogP contribution in [0, 0.1) is 0 Å². The zero-order valence-corrected chi connectivity index (χ0v) is 22.4. The highest BCUT2D eigenvalue weighted by Crippen LogP contribution is 2.32. The van der Waals surface area contributed by atoms with Gasteiger partial charge in [-0.25, -0.2) is 0 Å². The molecule has 0 heterocycles. The van der Waals surface area contributed by atoms with E-state index in [9.17, 15) is 0 Å². The van der Waals surface area contributed by atoms with E-state index in [1.54, 1.807) is 16.8 Å². The molecule has 0 bridgehead atoms. The molecule has 1 rings (SSSR count). The normalized spacial score (nSPS) is 11.2. The molecule has 0 saturated carbocycles. The molecule has 0 spiro atoms. The summed E-state index contributed by atoms with van der Waals surface area (Å²) in [5, 5.41) is 0. The summed E-state index contributed by atoms with van der Waals surface area (Å²) in [5.74, 6) is 2.96. The van der Waals surface area contributed by atoms with Gasteiger partial charge in [-0.1, -0.05) is 38.8 Å². The molecule has 174 valence electrons. The minimum Gasteiger partial charge on any atom is -0.371 e. The largest absolute Gasteiger partial charge is 0.371 e. The van der Waals surface area contributed by atoms with Gasteiger partial charge in [0.1, 0.15) is 0 Å². The molecule has 0 aromatic heterocycles. The van der Waals surface area contributed by atoms with Crippen molar-refractivity contribution in [2.75, 3.05) is 35.2 Å². The summed E-state index contributed by atoms with van der Waals surface area (Å²) in [4.78, 5) is 2.73. The Morgan fingerprint density at radius 2 is 1.03 bits per heavy atom. The Morgan fingerprint density at radius 3 is 1.43 bits per heavy atom. The molecule has 0 saturated heterocycles. The highest BCUT2D eigenvalue weighted by molar-refractivity contribution is 7.80. The second-order valence-corrected chi connectivity index (χ2v) is 9.84. The first-order chi connectivity index (χ1) is 14.7. The Bertz CT molecular complexity index is 508. The molecule has 1 nitrogen and oxygen atoms in total. The molecular weight excluding hydrogens is 422 g/mol. The molecule has 0 unspecified atom stereocenters. The third-order valence-corrected chi connectivity index (χ3v) is 6.74. The molecule has 0 N–H and O–H groups in total. The molecule has 0 radical (unpaired) electrons. The second-order valence-electron chi connectivity index (χ2n) is 8.50. The first-order valence-electron chi connectivity index (χ1n) is 12.4. The topological polar surface area (TPSA) is 3.24 Å². The van der Waals surface area contributed by atoms with Crippen molar-refractivity contribution < 1.29 is 0 Å². The van der Waals surface area contributed by atoms with E-state index in [1.165, 1.54) is 102 Å². The number of thiol groups is 3.